The Bertz CT molecular complexity index is 391. The molecule has 2 rings (SSSR count). The van der Waals surface area contributed by atoms with Crippen LogP contribution >= 0.6 is 0 Å². The van der Waals surface area contributed by atoms with Crippen molar-refractivity contribution in [2.24, 2.45) is 0 Å². The topological polar surface area (TPSA) is 50.7 Å². The molecule has 0 radical (unpaired) electrons. The molecule has 0 saturated heterocycles. The summed E-state index contributed by atoms with van der Waals surface area (Å²) < 4.78 is 10.9. The zero-order valence-corrected chi connectivity index (χ0v) is 12.2. The number of methoxy groups -OCH3 is 1. The third kappa shape index (κ3) is 4.78. The molecule has 1 aliphatic carbocycles. The standard InChI is InChI=1S/C16H25NO3/c1-19-11-13-6-2-5-9-16(13)17-10-14(18)12-20-15-7-3-4-8-15/h2,5-6,9,14-15,17-18H,3-4,7-8,10-12H2,1H3. The largest absolute Gasteiger partial charge is 0.389 e. The van der Waals surface area contributed by atoms with Gasteiger partial charge in [-0.2, -0.15) is 0 Å². The fourth-order valence-electron chi connectivity index (χ4n) is 2.56. The summed E-state index contributed by atoms with van der Waals surface area (Å²) >= 11 is 0. The van der Waals surface area contributed by atoms with E-state index in [1.165, 1.54) is 12.8 Å². The zero-order chi connectivity index (χ0) is 14.2. The van der Waals surface area contributed by atoms with Crippen LogP contribution in [0.1, 0.15) is 31.2 Å². The van der Waals surface area contributed by atoms with Crippen LogP contribution < -0.4 is 5.32 Å². The number of ether oxygens (including phenoxy) is 2. The van der Waals surface area contributed by atoms with Crippen molar-refractivity contribution < 1.29 is 14.6 Å². The minimum absolute atomic E-state index is 0.352. The first-order chi connectivity index (χ1) is 9.79. The third-order valence-electron chi connectivity index (χ3n) is 3.67. The number of rotatable bonds is 8. The van der Waals surface area contributed by atoms with Gasteiger partial charge in [0.25, 0.3) is 0 Å². The highest BCUT2D eigenvalue weighted by Gasteiger charge is 2.16. The Morgan fingerprint density at radius 2 is 2.05 bits per heavy atom. The fraction of sp³-hybridized carbons (Fsp3) is 0.625. The van der Waals surface area contributed by atoms with Crippen LogP contribution in [0, 0.1) is 0 Å². The first-order valence-corrected chi connectivity index (χ1v) is 7.40. The van der Waals surface area contributed by atoms with Crippen LogP contribution in [0.25, 0.3) is 0 Å². The van der Waals surface area contributed by atoms with Gasteiger partial charge in [0, 0.05) is 24.9 Å². The van der Waals surface area contributed by atoms with Gasteiger partial charge in [0.2, 0.25) is 0 Å². The molecule has 20 heavy (non-hydrogen) atoms. The number of para-hydroxylation sites is 1. The van der Waals surface area contributed by atoms with E-state index in [2.05, 4.69) is 5.32 Å². The first-order valence-electron chi connectivity index (χ1n) is 7.40. The second-order valence-corrected chi connectivity index (χ2v) is 5.36. The second-order valence-electron chi connectivity index (χ2n) is 5.36. The lowest BCUT2D eigenvalue weighted by molar-refractivity contribution is -0.00118. The van der Waals surface area contributed by atoms with Crippen molar-refractivity contribution in [1.82, 2.24) is 0 Å². The molecular weight excluding hydrogens is 254 g/mol. The number of aliphatic hydroxyl groups is 1. The van der Waals surface area contributed by atoms with Crippen molar-refractivity contribution in [1.29, 1.82) is 0 Å². The quantitative estimate of drug-likeness (QED) is 0.768. The second kappa shape index (κ2) is 8.25. The van der Waals surface area contributed by atoms with Gasteiger partial charge >= 0.3 is 0 Å². The van der Waals surface area contributed by atoms with Gasteiger partial charge in [-0.15, -0.1) is 0 Å². The average Bonchev–Trinajstić information content (AvgIpc) is 2.98. The van der Waals surface area contributed by atoms with Gasteiger partial charge in [-0.1, -0.05) is 31.0 Å². The van der Waals surface area contributed by atoms with Crippen molar-refractivity contribution in [3.63, 3.8) is 0 Å². The predicted octanol–water partition coefficient (Wildman–Crippen LogP) is 2.57. The van der Waals surface area contributed by atoms with Crippen molar-refractivity contribution in [2.45, 2.75) is 44.5 Å². The lowest BCUT2D eigenvalue weighted by atomic mass is 10.2. The summed E-state index contributed by atoms with van der Waals surface area (Å²) in [6, 6.07) is 7.98. The van der Waals surface area contributed by atoms with Gasteiger partial charge in [-0.3, -0.25) is 0 Å². The minimum atomic E-state index is -0.480. The van der Waals surface area contributed by atoms with Gasteiger partial charge in [-0.25, -0.2) is 0 Å². The molecule has 0 spiro atoms. The Balaban J connectivity index is 1.73. The van der Waals surface area contributed by atoms with E-state index < -0.39 is 6.10 Å². The first kappa shape index (κ1) is 15.3. The van der Waals surface area contributed by atoms with Crippen molar-refractivity contribution in [3.8, 4) is 0 Å². The van der Waals surface area contributed by atoms with Crippen LogP contribution in [0.4, 0.5) is 5.69 Å². The number of nitrogens with one attached hydrogen (secondary N) is 1. The highest BCUT2D eigenvalue weighted by Crippen LogP contribution is 2.21. The Morgan fingerprint density at radius 3 is 2.80 bits per heavy atom. The lowest BCUT2D eigenvalue weighted by Crippen LogP contribution is -2.27. The SMILES string of the molecule is COCc1ccccc1NCC(O)COC1CCCC1. The van der Waals surface area contributed by atoms with Crippen molar-refractivity contribution >= 4 is 5.69 Å². The van der Waals surface area contributed by atoms with Crippen LogP contribution in [-0.2, 0) is 16.1 Å². The molecule has 1 aliphatic rings. The maximum atomic E-state index is 9.97. The Morgan fingerprint density at radius 1 is 1.30 bits per heavy atom. The molecule has 1 saturated carbocycles. The maximum Gasteiger partial charge on any atom is 0.0945 e. The van der Waals surface area contributed by atoms with Crippen LogP contribution in [-0.4, -0.2) is 37.6 Å². The highest BCUT2D eigenvalue weighted by molar-refractivity contribution is 5.50. The molecule has 1 aromatic carbocycles. The van der Waals surface area contributed by atoms with Gasteiger partial charge in [0.1, 0.15) is 0 Å². The van der Waals surface area contributed by atoms with E-state index in [-0.39, 0.29) is 0 Å². The molecule has 1 aromatic rings. The average molecular weight is 279 g/mol. The highest BCUT2D eigenvalue weighted by atomic mass is 16.5. The normalized spacial score (nSPS) is 17.3. The van der Waals surface area contributed by atoms with Gasteiger partial charge in [0.05, 0.1) is 25.4 Å². The molecule has 0 amide bonds. The number of hydrogen-bond acceptors (Lipinski definition) is 4. The summed E-state index contributed by atoms with van der Waals surface area (Å²) in [5.41, 5.74) is 2.10. The monoisotopic (exact) mass is 279 g/mol. The number of benzene rings is 1. The van der Waals surface area contributed by atoms with Crippen molar-refractivity contribution in [3.05, 3.63) is 29.8 Å². The smallest absolute Gasteiger partial charge is 0.0945 e. The molecule has 0 bridgehead atoms. The minimum Gasteiger partial charge on any atom is -0.389 e. The van der Waals surface area contributed by atoms with E-state index in [0.29, 0.717) is 25.9 Å². The molecule has 4 heteroatoms. The van der Waals surface area contributed by atoms with Crippen LogP contribution in [0.2, 0.25) is 0 Å². The molecular formula is C16H25NO3. The Labute approximate surface area is 121 Å². The number of hydrogen-bond donors (Lipinski definition) is 2. The molecule has 112 valence electrons. The van der Waals surface area contributed by atoms with Crippen LogP contribution in [0.15, 0.2) is 24.3 Å². The van der Waals surface area contributed by atoms with E-state index in [9.17, 15) is 5.11 Å². The molecule has 4 nitrogen and oxygen atoms in total. The fourth-order valence-corrected chi connectivity index (χ4v) is 2.56. The van der Waals surface area contributed by atoms with E-state index in [1.54, 1.807) is 7.11 Å². The Kier molecular flexibility index (Phi) is 6.30. The van der Waals surface area contributed by atoms with Gasteiger partial charge < -0.3 is 19.9 Å². The molecule has 1 unspecified atom stereocenters. The summed E-state index contributed by atoms with van der Waals surface area (Å²) in [6.07, 6.45) is 4.65. The van der Waals surface area contributed by atoms with E-state index >= 15 is 0 Å². The molecule has 2 N–H and O–H groups in total. The van der Waals surface area contributed by atoms with Gasteiger partial charge in [-0.05, 0) is 18.9 Å². The Hall–Kier alpha value is -1.10. The summed E-state index contributed by atoms with van der Waals surface area (Å²) in [6.45, 7) is 1.47. The predicted molar refractivity (Wildman–Crippen MR) is 79.9 cm³/mol. The van der Waals surface area contributed by atoms with Gasteiger partial charge in [0.15, 0.2) is 0 Å². The zero-order valence-electron chi connectivity index (χ0n) is 12.2. The summed E-state index contributed by atoms with van der Waals surface area (Å²) in [5.74, 6) is 0. The van der Waals surface area contributed by atoms with E-state index in [4.69, 9.17) is 9.47 Å². The van der Waals surface area contributed by atoms with E-state index in [0.717, 1.165) is 24.1 Å². The van der Waals surface area contributed by atoms with Crippen LogP contribution in [0.5, 0.6) is 0 Å². The van der Waals surface area contributed by atoms with Crippen molar-refractivity contribution in [2.75, 3.05) is 25.6 Å². The molecule has 0 aliphatic heterocycles. The number of anilines is 1. The molecule has 0 heterocycles. The van der Waals surface area contributed by atoms with E-state index in [1.807, 2.05) is 24.3 Å². The van der Waals surface area contributed by atoms with Crippen LogP contribution in [0.3, 0.4) is 0 Å². The number of aliphatic hydroxyl groups excluding tert-OH is 1. The molecule has 1 atom stereocenters. The summed E-state index contributed by atoms with van der Waals surface area (Å²) in [7, 11) is 1.68. The third-order valence-corrected chi connectivity index (χ3v) is 3.67. The summed E-state index contributed by atoms with van der Waals surface area (Å²) in [4.78, 5) is 0. The molecule has 0 aromatic heterocycles. The molecule has 1 fully saturated rings. The lowest BCUT2D eigenvalue weighted by Gasteiger charge is -2.17. The maximum absolute atomic E-state index is 9.97. The summed E-state index contributed by atoms with van der Waals surface area (Å²) in [5, 5.41) is 13.2.